The summed E-state index contributed by atoms with van der Waals surface area (Å²) < 4.78 is 1.15. The van der Waals surface area contributed by atoms with Crippen LogP contribution in [0.25, 0.3) is 31.6 Å². The molecule has 1 heterocycles. The molecule has 2 nitrogen and oxygen atoms in total. The number of hydrogen-bond donors (Lipinski definition) is 0. The lowest BCUT2D eigenvalue weighted by Gasteiger charge is -2.18. The molecule has 0 atom stereocenters. The second kappa shape index (κ2) is 5.38. The number of para-hydroxylation sites is 1. The molecule has 24 heavy (non-hydrogen) atoms. The second-order valence-electron chi connectivity index (χ2n) is 6.63. The van der Waals surface area contributed by atoms with Crippen molar-refractivity contribution in [2.45, 2.75) is 31.6 Å². The van der Waals surface area contributed by atoms with Crippen LogP contribution in [-0.2, 0) is 0 Å². The fourth-order valence-electron chi connectivity index (χ4n) is 4.05. The van der Waals surface area contributed by atoms with Crippen LogP contribution >= 0.6 is 11.3 Å². The molecule has 5 rings (SSSR count). The predicted molar refractivity (Wildman–Crippen MR) is 101 cm³/mol. The number of rotatable bonds is 1. The van der Waals surface area contributed by atoms with Crippen molar-refractivity contribution in [3.05, 3.63) is 64.3 Å². The topological polar surface area (TPSA) is 30.0 Å². The monoisotopic (exact) mass is 331 g/mol. The number of benzene rings is 3. The Balaban J connectivity index is 1.99. The van der Waals surface area contributed by atoms with Gasteiger partial charge in [-0.1, -0.05) is 49.2 Å². The van der Waals surface area contributed by atoms with Crippen molar-refractivity contribution in [3.63, 3.8) is 0 Å². The van der Waals surface area contributed by atoms with E-state index >= 15 is 0 Å². The summed E-state index contributed by atoms with van der Waals surface area (Å²) >= 11 is 1.73. The second-order valence-corrected chi connectivity index (χ2v) is 7.68. The molecule has 0 unspecified atom stereocenters. The van der Waals surface area contributed by atoms with Crippen LogP contribution in [0.5, 0.6) is 0 Å². The Hall–Kier alpha value is -2.26. The lowest BCUT2D eigenvalue weighted by atomic mass is 9.91. The third-order valence-corrected chi connectivity index (χ3v) is 6.39. The lowest BCUT2D eigenvalue weighted by molar-refractivity contribution is 0.722. The molecule has 2 aliphatic carbocycles. The highest BCUT2D eigenvalue weighted by atomic mass is 32.1. The molecule has 0 aromatic heterocycles. The first-order valence-electron chi connectivity index (χ1n) is 8.57. The molecule has 0 radical (unpaired) electrons. The van der Waals surface area contributed by atoms with Crippen molar-refractivity contribution in [1.82, 2.24) is 4.98 Å². The molecular formula is C21H17NOS. The molecular weight excluding hydrogens is 314 g/mol. The van der Waals surface area contributed by atoms with Crippen LogP contribution in [0.2, 0.25) is 0 Å². The zero-order valence-corrected chi connectivity index (χ0v) is 14.1. The van der Waals surface area contributed by atoms with E-state index in [1.165, 1.54) is 12.8 Å². The predicted octanol–water partition coefficient (Wildman–Crippen LogP) is 5.57. The lowest BCUT2D eigenvalue weighted by Crippen LogP contribution is -2.15. The summed E-state index contributed by atoms with van der Waals surface area (Å²) in [6.07, 6.45) is 4.71. The van der Waals surface area contributed by atoms with E-state index in [2.05, 4.69) is 12.1 Å². The van der Waals surface area contributed by atoms with Crippen LogP contribution in [0.1, 0.15) is 37.2 Å². The summed E-state index contributed by atoms with van der Waals surface area (Å²) in [5.74, 6) is 0.392. The van der Waals surface area contributed by atoms with Crippen LogP contribution in [0.3, 0.4) is 0 Å². The largest absolute Gasteiger partial charge is 0.289 e. The van der Waals surface area contributed by atoms with E-state index in [-0.39, 0.29) is 5.43 Å². The van der Waals surface area contributed by atoms with Crippen molar-refractivity contribution in [1.29, 1.82) is 0 Å². The highest BCUT2D eigenvalue weighted by Gasteiger charge is 2.27. The third kappa shape index (κ3) is 2.01. The number of hydrogen-bond acceptors (Lipinski definition) is 3. The Morgan fingerprint density at radius 3 is 2.46 bits per heavy atom. The van der Waals surface area contributed by atoms with Gasteiger partial charge < -0.3 is 0 Å². The fraction of sp³-hybridized carbons (Fsp3) is 0.238. The molecule has 0 bridgehead atoms. The molecule has 0 spiro atoms. The van der Waals surface area contributed by atoms with Gasteiger partial charge in [0.1, 0.15) is 0 Å². The van der Waals surface area contributed by atoms with Gasteiger partial charge in [0.2, 0.25) is 0 Å². The summed E-state index contributed by atoms with van der Waals surface area (Å²) in [6, 6.07) is 16.2. The minimum Gasteiger partial charge on any atom is -0.289 e. The average molecular weight is 331 g/mol. The molecule has 2 aromatic rings. The van der Waals surface area contributed by atoms with E-state index in [1.54, 1.807) is 11.3 Å². The number of nitrogens with zero attached hydrogens (tertiary/aromatic N) is 1. The standard InChI is InChI=1S/C21H17NOS/c23-20-15-10-4-3-9-14(15)19-21(18(20)13-7-1-2-8-13)24-17-12-6-5-11-16(17)22-19/h3-6,9-13H,1-2,7-8H2. The number of aromatic nitrogens is 1. The first-order chi connectivity index (χ1) is 11.8. The van der Waals surface area contributed by atoms with Gasteiger partial charge in [0.05, 0.1) is 20.8 Å². The van der Waals surface area contributed by atoms with E-state index in [1.807, 2.05) is 36.4 Å². The fourth-order valence-corrected chi connectivity index (χ4v) is 5.26. The molecule has 118 valence electrons. The first kappa shape index (κ1) is 14.1. The summed E-state index contributed by atoms with van der Waals surface area (Å²) in [7, 11) is 0. The number of fused-ring (bicyclic) bond motifs is 4. The normalized spacial score (nSPS) is 15.7. The van der Waals surface area contributed by atoms with Crippen molar-refractivity contribution in [3.8, 4) is 10.6 Å². The maximum Gasteiger partial charge on any atom is 0.191 e. The first-order valence-corrected chi connectivity index (χ1v) is 9.39. The zero-order valence-electron chi connectivity index (χ0n) is 13.3. The van der Waals surface area contributed by atoms with Gasteiger partial charge >= 0.3 is 0 Å². The van der Waals surface area contributed by atoms with E-state index in [4.69, 9.17) is 4.98 Å². The van der Waals surface area contributed by atoms with Gasteiger partial charge in [-0.3, -0.25) is 4.79 Å². The van der Waals surface area contributed by atoms with Gasteiger partial charge in [-0.25, -0.2) is 4.98 Å². The Labute approximate surface area is 144 Å². The molecule has 1 aliphatic heterocycles. The van der Waals surface area contributed by atoms with Gasteiger partial charge in [0.25, 0.3) is 0 Å². The molecule has 3 heteroatoms. The maximum absolute atomic E-state index is 13.2. The van der Waals surface area contributed by atoms with Crippen molar-refractivity contribution in [2.75, 3.05) is 0 Å². The minimum absolute atomic E-state index is 0.221. The molecule has 0 amide bonds. The molecule has 0 N–H and O–H groups in total. The minimum atomic E-state index is 0.221. The smallest absolute Gasteiger partial charge is 0.191 e. The molecule has 1 fully saturated rings. The zero-order chi connectivity index (χ0) is 16.1. The molecule has 1 saturated carbocycles. The van der Waals surface area contributed by atoms with E-state index in [0.29, 0.717) is 5.92 Å². The van der Waals surface area contributed by atoms with E-state index in [0.717, 1.165) is 50.0 Å². The van der Waals surface area contributed by atoms with Gasteiger partial charge in [-0.05, 0) is 30.9 Å². The Kier molecular flexibility index (Phi) is 3.17. The van der Waals surface area contributed by atoms with E-state index in [9.17, 15) is 4.79 Å². The van der Waals surface area contributed by atoms with Gasteiger partial charge in [-0.2, -0.15) is 0 Å². The Morgan fingerprint density at radius 2 is 1.62 bits per heavy atom. The Bertz CT molecular complexity index is 1090. The van der Waals surface area contributed by atoms with Crippen molar-refractivity contribution < 1.29 is 0 Å². The maximum atomic E-state index is 13.2. The van der Waals surface area contributed by atoms with Crippen molar-refractivity contribution in [2.24, 2.45) is 0 Å². The molecule has 3 aliphatic rings. The van der Waals surface area contributed by atoms with Gasteiger partial charge in [0.15, 0.2) is 5.43 Å². The van der Waals surface area contributed by atoms with Crippen LogP contribution in [0.15, 0.2) is 53.3 Å². The highest BCUT2D eigenvalue weighted by Crippen LogP contribution is 2.43. The summed E-state index contributed by atoms with van der Waals surface area (Å²) in [5, 5.41) is 1.81. The van der Waals surface area contributed by atoms with Crippen LogP contribution in [0.4, 0.5) is 0 Å². The van der Waals surface area contributed by atoms with E-state index < -0.39 is 0 Å². The Morgan fingerprint density at radius 1 is 0.917 bits per heavy atom. The quantitative estimate of drug-likeness (QED) is 0.337. The van der Waals surface area contributed by atoms with Crippen LogP contribution in [-0.4, -0.2) is 4.98 Å². The molecule has 2 aromatic carbocycles. The van der Waals surface area contributed by atoms with Gasteiger partial charge in [-0.15, -0.1) is 11.3 Å². The van der Waals surface area contributed by atoms with Crippen LogP contribution in [0, 0.1) is 0 Å². The SMILES string of the molecule is O=c1c(C2CCCC2)c2sc3ccccc3nc-2c2ccccc12. The third-order valence-electron chi connectivity index (χ3n) is 5.20. The molecule has 0 saturated heterocycles. The average Bonchev–Trinajstić information content (AvgIpc) is 3.15. The summed E-state index contributed by atoms with van der Waals surface area (Å²) in [4.78, 5) is 19.3. The summed E-state index contributed by atoms with van der Waals surface area (Å²) in [6.45, 7) is 0. The highest BCUT2D eigenvalue weighted by molar-refractivity contribution is 7.21. The van der Waals surface area contributed by atoms with Crippen molar-refractivity contribution >= 4 is 32.3 Å². The van der Waals surface area contributed by atoms with Gasteiger partial charge in [0, 0.05) is 16.3 Å². The van der Waals surface area contributed by atoms with Crippen LogP contribution < -0.4 is 5.43 Å². The summed E-state index contributed by atoms with van der Waals surface area (Å²) in [5.41, 5.74) is 3.25.